The van der Waals surface area contributed by atoms with E-state index in [9.17, 15) is 9.59 Å². The van der Waals surface area contributed by atoms with E-state index in [0.717, 1.165) is 37.8 Å². The maximum Gasteiger partial charge on any atom is 0.407 e. The Morgan fingerprint density at radius 1 is 1.24 bits per heavy atom. The van der Waals surface area contributed by atoms with Crippen LogP contribution in [0.4, 0.5) is 10.6 Å². The molecule has 5 atom stereocenters. The first-order chi connectivity index (χ1) is 14.0. The summed E-state index contributed by atoms with van der Waals surface area (Å²) in [5.74, 6) is 0.808. The van der Waals surface area contributed by atoms with E-state index >= 15 is 0 Å². The van der Waals surface area contributed by atoms with E-state index in [4.69, 9.17) is 14.2 Å². The van der Waals surface area contributed by atoms with Crippen molar-refractivity contribution in [2.45, 2.75) is 69.3 Å². The molecule has 4 fully saturated rings. The van der Waals surface area contributed by atoms with Gasteiger partial charge in [-0.05, 0) is 44.9 Å². The SMILES string of the molecule is CC1(NC(=O)O[C@@H]2CO[C@H](c3cc(NC(=O)[C@@H]4CC[C@H]5C[C@@H]4CO5)n[nH]3)C2)CC1. The summed E-state index contributed by atoms with van der Waals surface area (Å²) in [7, 11) is 0. The highest BCUT2D eigenvalue weighted by molar-refractivity contribution is 5.92. The number of ether oxygens (including phenoxy) is 3. The van der Waals surface area contributed by atoms with Crippen LogP contribution in [0.3, 0.4) is 0 Å². The van der Waals surface area contributed by atoms with E-state index in [0.29, 0.717) is 37.5 Å². The smallest absolute Gasteiger partial charge is 0.407 e. The fourth-order valence-corrected chi connectivity index (χ4v) is 4.58. The molecule has 0 spiro atoms. The maximum absolute atomic E-state index is 12.7. The Balaban J connectivity index is 1.12. The first kappa shape index (κ1) is 18.9. The minimum atomic E-state index is -0.387. The third-order valence-corrected chi connectivity index (χ3v) is 6.65. The van der Waals surface area contributed by atoms with Crippen molar-refractivity contribution in [3.63, 3.8) is 0 Å². The Morgan fingerprint density at radius 3 is 2.93 bits per heavy atom. The van der Waals surface area contributed by atoms with Crippen molar-refractivity contribution < 1.29 is 23.8 Å². The molecule has 158 valence electrons. The number of carbonyl (C=O) groups is 2. The highest BCUT2D eigenvalue weighted by Crippen LogP contribution is 2.38. The van der Waals surface area contributed by atoms with Crippen LogP contribution in [0.15, 0.2) is 6.07 Å². The van der Waals surface area contributed by atoms with Gasteiger partial charge in [0.05, 0.1) is 25.0 Å². The molecular weight excluding hydrogens is 376 g/mol. The van der Waals surface area contributed by atoms with Crippen LogP contribution in [0.25, 0.3) is 0 Å². The second kappa shape index (κ2) is 7.28. The number of H-pyrrole nitrogens is 1. The second-order valence-electron chi connectivity index (χ2n) is 9.10. The van der Waals surface area contributed by atoms with E-state index in [1.807, 2.05) is 6.92 Å². The maximum atomic E-state index is 12.7. The average molecular weight is 404 g/mol. The van der Waals surface area contributed by atoms with Crippen LogP contribution >= 0.6 is 0 Å². The van der Waals surface area contributed by atoms with Gasteiger partial charge in [0.2, 0.25) is 5.91 Å². The fourth-order valence-electron chi connectivity index (χ4n) is 4.58. The Bertz CT molecular complexity index is 792. The molecule has 2 aliphatic heterocycles. The number of fused-ring (bicyclic) bond motifs is 2. The summed E-state index contributed by atoms with van der Waals surface area (Å²) in [5, 5.41) is 13.0. The Hall–Kier alpha value is -2.13. The summed E-state index contributed by atoms with van der Waals surface area (Å²) in [6.07, 6.45) is 4.76. The van der Waals surface area contributed by atoms with Gasteiger partial charge in [-0.3, -0.25) is 9.89 Å². The zero-order valence-electron chi connectivity index (χ0n) is 16.6. The van der Waals surface area contributed by atoms with E-state index in [2.05, 4.69) is 20.8 Å². The summed E-state index contributed by atoms with van der Waals surface area (Å²) in [6, 6.07) is 1.80. The highest BCUT2D eigenvalue weighted by atomic mass is 16.6. The standard InChI is InChI=1S/C20H28N4O5/c1-20(4-5-20)22-19(26)29-13-7-16(28-10-13)15-8-17(24-23-15)21-18(25)14-3-2-12-6-11(14)9-27-12/h8,11-14,16H,2-7,9-10H2,1H3,(H,22,26)(H2,21,23,24,25)/t11-,12+,13+,14-,16+/m1/s1. The molecule has 0 aromatic carbocycles. The first-order valence-electron chi connectivity index (χ1n) is 10.6. The van der Waals surface area contributed by atoms with Crippen molar-refractivity contribution in [2.75, 3.05) is 18.5 Å². The molecule has 5 rings (SSSR count). The predicted octanol–water partition coefficient (Wildman–Crippen LogP) is 2.27. The van der Waals surface area contributed by atoms with Crippen molar-refractivity contribution in [3.8, 4) is 0 Å². The molecule has 2 saturated carbocycles. The topological polar surface area (TPSA) is 115 Å². The molecule has 3 N–H and O–H groups in total. The number of anilines is 1. The van der Waals surface area contributed by atoms with Gasteiger partial charge in [0.25, 0.3) is 0 Å². The molecule has 4 aliphatic rings. The number of aromatic nitrogens is 2. The largest absolute Gasteiger partial charge is 0.444 e. The van der Waals surface area contributed by atoms with E-state index < -0.39 is 0 Å². The van der Waals surface area contributed by atoms with Gasteiger partial charge in [-0.2, -0.15) is 5.10 Å². The van der Waals surface area contributed by atoms with Crippen LogP contribution in [0.1, 0.15) is 57.2 Å². The summed E-state index contributed by atoms with van der Waals surface area (Å²) in [4.78, 5) is 24.6. The zero-order chi connectivity index (χ0) is 20.0. The quantitative estimate of drug-likeness (QED) is 0.694. The lowest BCUT2D eigenvalue weighted by molar-refractivity contribution is -0.122. The third-order valence-electron chi connectivity index (χ3n) is 6.65. The van der Waals surface area contributed by atoms with Crippen LogP contribution in [0, 0.1) is 11.8 Å². The molecule has 1 aromatic rings. The molecule has 9 nitrogen and oxygen atoms in total. The van der Waals surface area contributed by atoms with Crippen molar-refractivity contribution >= 4 is 17.8 Å². The van der Waals surface area contributed by atoms with Gasteiger partial charge in [0.1, 0.15) is 12.2 Å². The van der Waals surface area contributed by atoms with Crippen LogP contribution in [0.2, 0.25) is 0 Å². The highest BCUT2D eigenvalue weighted by Gasteiger charge is 2.41. The minimum absolute atomic E-state index is 0.00999. The molecule has 9 heteroatoms. The van der Waals surface area contributed by atoms with Gasteiger partial charge in [0, 0.05) is 23.9 Å². The number of carbonyl (C=O) groups excluding carboxylic acids is 2. The summed E-state index contributed by atoms with van der Waals surface area (Å²) in [6.45, 7) is 3.03. The second-order valence-corrected chi connectivity index (χ2v) is 9.10. The Kier molecular flexibility index (Phi) is 4.74. The number of hydrogen-bond acceptors (Lipinski definition) is 6. The average Bonchev–Trinajstić information content (AvgIpc) is 3.09. The molecule has 0 radical (unpaired) electrons. The number of hydrogen-bond donors (Lipinski definition) is 3. The van der Waals surface area contributed by atoms with Gasteiger partial charge < -0.3 is 24.8 Å². The van der Waals surface area contributed by atoms with Crippen molar-refractivity contribution in [1.29, 1.82) is 0 Å². The summed E-state index contributed by atoms with van der Waals surface area (Å²) < 4.78 is 16.9. The van der Waals surface area contributed by atoms with E-state index in [1.54, 1.807) is 6.07 Å². The normalized spacial score (nSPS) is 34.6. The van der Waals surface area contributed by atoms with Crippen LogP contribution in [-0.4, -0.2) is 53.2 Å². The number of aromatic amines is 1. The van der Waals surface area contributed by atoms with Crippen molar-refractivity contribution in [2.24, 2.45) is 11.8 Å². The number of rotatable bonds is 5. The number of amides is 2. The van der Waals surface area contributed by atoms with Gasteiger partial charge in [-0.15, -0.1) is 0 Å². The van der Waals surface area contributed by atoms with Crippen molar-refractivity contribution in [3.05, 3.63) is 11.8 Å². The predicted molar refractivity (Wildman–Crippen MR) is 102 cm³/mol. The molecule has 1 aromatic heterocycles. The lowest BCUT2D eigenvalue weighted by Crippen LogP contribution is -2.37. The minimum Gasteiger partial charge on any atom is -0.444 e. The Labute approximate surface area is 169 Å². The number of alkyl carbamates (subject to hydrolysis) is 1. The van der Waals surface area contributed by atoms with Gasteiger partial charge in [-0.1, -0.05) is 0 Å². The molecule has 2 aliphatic carbocycles. The lowest BCUT2D eigenvalue weighted by atomic mass is 9.80. The third kappa shape index (κ3) is 4.11. The van der Waals surface area contributed by atoms with Gasteiger partial charge in [-0.25, -0.2) is 4.79 Å². The molecule has 2 amide bonds. The van der Waals surface area contributed by atoms with E-state index in [1.165, 1.54) is 0 Å². The van der Waals surface area contributed by atoms with E-state index in [-0.39, 0.29) is 35.7 Å². The molecule has 2 saturated heterocycles. The summed E-state index contributed by atoms with van der Waals surface area (Å²) in [5.41, 5.74) is 0.671. The molecule has 29 heavy (non-hydrogen) atoms. The Morgan fingerprint density at radius 2 is 2.10 bits per heavy atom. The van der Waals surface area contributed by atoms with Gasteiger partial charge >= 0.3 is 6.09 Å². The van der Waals surface area contributed by atoms with Crippen LogP contribution in [-0.2, 0) is 19.0 Å². The van der Waals surface area contributed by atoms with Crippen molar-refractivity contribution in [1.82, 2.24) is 15.5 Å². The lowest BCUT2D eigenvalue weighted by Gasteiger charge is -2.25. The monoisotopic (exact) mass is 404 g/mol. The first-order valence-corrected chi connectivity index (χ1v) is 10.6. The molecular formula is C20H28N4O5. The number of nitrogens with one attached hydrogen (secondary N) is 3. The molecule has 0 unspecified atom stereocenters. The molecule has 3 heterocycles. The molecule has 2 bridgehead atoms. The van der Waals surface area contributed by atoms with Crippen LogP contribution in [0.5, 0.6) is 0 Å². The van der Waals surface area contributed by atoms with Crippen LogP contribution < -0.4 is 10.6 Å². The van der Waals surface area contributed by atoms with Gasteiger partial charge in [0.15, 0.2) is 5.82 Å². The summed E-state index contributed by atoms with van der Waals surface area (Å²) >= 11 is 0. The fraction of sp³-hybridized carbons (Fsp3) is 0.750. The number of nitrogens with zero attached hydrogens (tertiary/aromatic N) is 1. The zero-order valence-corrected chi connectivity index (χ0v) is 16.6.